The lowest BCUT2D eigenvalue weighted by atomic mass is 9.91. The first kappa shape index (κ1) is 13.4. The molecule has 1 heterocycles. The van der Waals surface area contributed by atoms with E-state index in [9.17, 15) is 0 Å². The molecule has 2 atom stereocenters. The van der Waals surface area contributed by atoms with E-state index in [2.05, 4.69) is 39.0 Å². The van der Waals surface area contributed by atoms with E-state index in [4.69, 9.17) is 10.5 Å². The lowest BCUT2D eigenvalue weighted by molar-refractivity contribution is 0.186. The Hall–Kier alpha value is -1.02. The van der Waals surface area contributed by atoms with Crippen molar-refractivity contribution >= 4 is 0 Å². The van der Waals surface area contributed by atoms with Crippen molar-refractivity contribution in [1.29, 1.82) is 0 Å². The molecule has 1 aliphatic heterocycles. The quantitative estimate of drug-likeness (QED) is 0.866. The van der Waals surface area contributed by atoms with Crippen LogP contribution in [-0.4, -0.2) is 12.6 Å². The summed E-state index contributed by atoms with van der Waals surface area (Å²) >= 11 is 0. The summed E-state index contributed by atoms with van der Waals surface area (Å²) in [7, 11) is 0. The van der Waals surface area contributed by atoms with Crippen LogP contribution in [0.25, 0.3) is 0 Å². The van der Waals surface area contributed by atoms with Gasteiger partial charge in [-0.3, -0.25) is 0 Å². The SMILES string of the molecule is Cc1ccc2c(c1)CC(CC(CN)CC(C)C)O2. The molecule has 0 saturated carbocycles. The molecule has 0 bridgehead atoms. The highest BCUT2D eigenvalue weighted by Gasteiger charge is 2.25. The third-order valence-electron chi connectivity index (χ3n) is 3.69. The normalized spacial score (nSPS) is 19.7. The van der Waals surface area contributed by atoms with Crippen LogP contribution in [0.15, 0.2) is 18.2 Å². The molecule has 1 aromatic carbocycles. The molecular formula is C16H25NO. The number of nitrogens with two attached hydrogens (primary N) is 1. The average Bonchev–Trinajstić information content (AvgIpc) is 2.68. The van der Waals surface area contributed by atoms with Crippen molar-refractivity contribution in [1.82, 2.24) is 0 Å². The van der Waals surface area contributed by atoms with E-state index in [1.165, 1.54) is 17.5 Å². The molecule has 0 aliphatic carbocycles. The predicted molar refractivity (Wildman–Crippen MR) is 75.9 cm³/mol. The van der Waals surface area contributed by atoms with Gasteiger partial charge in [0.1, 0.15) is 11.9 Å². The smallest absolute Gasteiger partial charge is 0.123 e. The lowest BCUT2D eigenvalue weighted by Crippen LogP contribution is -2.24. The van der Waals surface area contributed by atoms with Gasteiger partial charge in [0.2, 0.25) is 0 Å². The second kappa shape index (κ2) is 5.75. The van der Waals surface area contributed by atoms with Crippen LogP contribution in [0, 0.1) is 18.8 Å². The van der Waals surface area contributed by atoms with Crippen molar-refractivity contribution in [3.05, 3.63) is 29.3 Å². The minimum Gasteiger partial charge on any atom is -0.490 e. The molecule has 1 aliphatic rings. The molecule has 1 aromatic rings. The molecule has 18 heavy (non-hydrogen) atoms. The van der Waals surface area contributed by atoms with E-state index in [-0.39, 0.29) is 0 Å². The fraction of sp³-hybridized carbons (Fsp3) is 0.625. The number of hydrogen-bond donors (Lipinski definition) is 1. The summed E-state index contributed by atoms with van der Waals surface area (Å²) in [5.41, 5.74) is 8.55. The fourth-order valence-electron chi connectivity index (χ4n) is 2.91. The zero-order valence-corrected chi connectivity index (χ0v) is 11.8. The highest BCUT2D eigenvalue weighted by molar-refractivity contribution is 5.40. The van der Waals surface area contributed by atoms with E-state index in [1.54, 1.807) is 0 Å². The maximum atomic E-state index is 6.02. The van der Waals surface area contributed by atoms with Crippen molar-refractivity contribution in [3.8, 4) is 5.75 Å². The predicted octanol–water partition coefficient (Wildman–Crippen LogP) is 3.31. The lowest BCUT2D eigenvalue weighted by Gasteiger charge is -2.20. The Morgan fingerprint density at radius 2 is 2.17 bits per heavy atom. The number of benzene rings is 1. The van der Waals surface area contributed by atoms with Crippen LogP contribution in [-0.2, 0) is 6.42 Å². The van der Waals surface area contributed by atoms with Gasteiger partial charge >= 0.3 is 0 Å². The van der Waals surface area contributed by atoms with Crippen LogP contribution in [0.2, 0.25) is 0 Å². The topological polar surface area (TPSA) is 35.2 Å². The van der Waals surface area contributed by atoms with Gasteiger partial charge in [0.25, 0.3) is 0 Å². The molecule has 100 valence electrons. The van der Waals surface area contributed by atoms with Crippen LogP contribution < -0.4 is 10.5 Å². The highest BCUT2D eigenvalue weighted by atomic mass is 16.5. The van der Waals surface area contributed by atoms with Gasteiger partial charge in [0.05, 0.1) is 0 Å². The molecule has 0 radical (unpaired) electrons. The first-order chi connectivity index (χ1) is 8.58. The standard InChI is InChI=1S/C16H25NO/c1-11(2)6-13(10-17)8-15-9-14-7-12(3)4-5-16(14)18-15/h4-5,7,11,13,15H,6,8-10,17H2,1-3H3. The molecule has 0 amide bonds. The van der Waals surface area contributed by atoms with E-state index in [0.29, 0.717) is 17.9 Å². The molecule has 2 rings (SSSR count). The van der Waals surface area contributed by atoms with Gasteiger partial charge in [-0.2, -0.15) is 0 Å². The second-order valence-corrected chi connectivity index (χ2v) is 6.02. The van der Waals surface area contributed by atoms with Crippen molar-refractivity contribution in [2.24, 2.45) is 17.6 Å². The van der Waals surface area contributed by atoms with Gasteiger partial charge in [0, 0.05) is 6.42 Å². The molecule has 0 spiro atoms. The largest absolute Gasteiger partial charge is 0.490 e. The Morgan fingerprint density at radius 1 is 1.39 bits per heavy atom. The summed E-state index contributed by atoms with van der Waals surface area (Å²) in [6.07, 6.45) is 3.66. The van der Waals surface area contributed by atoms with Crippen LogP contribution in [0.5, 0.6) is 5.75 Å². The van der Waals surface area contributed by atoms with Crippen molar-refractivity contribution in [2.45, 2.75) is 46.1 Å². The summed E-state index contributed by atoms with van der Waals surface area (Å²) in [6.45, 7) is 7.43. The van der Waals surface area contributed by atoms with E-state index < -0.39 is 0 Å². The third kappa shape index (κ3) is 3.26. The molecule has 2 N–H and O–H groups in total. The van der Waals surface area contributed by atoms with Gasteiger partial charge in [-0.1, -0.05) is 31.5 Å². The third-order valence-corrected chi connectivity index (χ3v) is 3.69. The zero-order chi connectivity index (χ0) is 13.1. The Bertz CT molecular complexity index is 400. The van der Waals surface area contributed by atoms with Gasteiger partial charge in [-0.25, -0.2) is 0 Å². The molecular weight excluding hydrogens is 222 g/mol. The van der Waals surface area contributed by atoms with E-state index in [0.717, 1.165) is 25.1 Å². The molecule has 0 fully saturated rings. The van der Waals surface area contributed by atoms with Gasteiger partial charge in [0.15, 0.2) is 0 Å². The summed E-state index contributed by atoms with van der Waals surface area (Å²) in [6, 6.07) is 6.47. The van der Waals surface area contributed by atoms with E-state index in [1.807, 2.05) is 0 Å². The summed E-state index contributed by atoms with van der Waals surface area (Å²) < 4.78 is 6.02. The number of hydrogen-bond acceptors (Lipinski definition) is 2. The Balaban J connectivity index is 1.94. The number of fused-ring (bicyclic) bond motifs is 1. The van der Waals surface area contributed by atoms with Crippen LogP contribution in [0.3, 0.4) is 0 Å². The van der Waals surface area contributed by atoms with Crippen molar-refractivity contribution in [3.63, 3.8) is 0 Å². The molecule has 0 saturated heterocycles. The highest BCUT2D eigenvalue weighted by Crippen LogP contribution is 2.32. The van der Waals surface area contributed by atoms with Crippen LogP contribution in [0.4, 0.5) is 0 Å². The Morgan fingerprint density at radius 3 is 2.83 bits per heavy atom. The first-order valence-corrected chi connectivity index (χ1v) is 7.04. The first-order valence-electron chi connectivity index (χ1n) is 7.04. The van der Waals surface area contributed by atoms with Crippen molar-refractivity contribution in [2.75, 3.05) is 6.54 Å². The Labute approximate surface area is 111 Å². The Kier molecular flexibility index (Phi) is 4.28. The number of rotatable bonds is 5. The molecule has 2 heteroatoms. The minimum absolute atomic E-state index is 0.328. The summed E-state index contributed by atoms with van der Waals surface area (Å²) in [5.74, 6) is 2.38. The van der Waals surface area contributed by atoms with Gasteiger partial charge < -0.3 is 10.5 Å². The number of aryl methyl sites for hydroxylation is 1. The number of ether oxygens (including phenoxy) is 1. The maximum absolute atomic E-state index is 6.02. The summed E-state index contributed by atoms with van der Waals surface area (Å²) in [4.78, 5) is 0. The maximum Gasteiger partial charge on any atom is 0.123 e. The fourth-order valence-corrected chi connectivity index (χ4v) is 2.91. The average molecular weight is 247 g/mol. The molecule has 2 unspecified atom stereocenters. The molecule has 0 aromatic heterocycles. The zero-order valence-electron chi connectivity index (χ0n) is 11.8. The van der Waals surface area contributed by atoms with Gasteiger partial charge in [-0.15, -0.1) is 0 Å². The van der Waals surface area contributed by atoms with Gasteiger partial charge in [-0.05, 0) is 49.8 Å². The van der Waals surface area contributed by atoms with Crippen molar-refractivity contribution < 1.29 is 4.74 Å². The monoisotopic (exact) mass is 247 g/mol. The van der Waals surface area contributed by atoms with Crippen LogP contribution in [0.1, 0.15) is 37.8 Å². The second-order valence-electron chi connectivity index (χ2n) is 6.02. The summed E-state index contributed by atoms with van der Waals surface area (Å²) in [5, 5.41) is 0. The van der Waals surface area contributed by atoms with Crippen LogP contribution >= 0.6 is 0 Å². The van der Waals surface area contributed by atoms with E-state index >= 15 is 0 Å². The minimum atomic E-state index is 0.328. The molecule has 2 nitrogen and oxygen atoms in total.